The van der Waals surface area contributed by atoms with Crippen LogP contribution < -0.4 is 0 Å². The van der Waals surface area contributed by atoms with Crippen molar-refractivity contribution in [2.24, 2.45) is 0 Å². The van der Waals surface area contributed by atoms with Crippen molar-refractivity contribution in [2.75, 3.05) is 13.1 Å². The molecule has 2 aromatic carbocycles. The zero-order valence-corrected chi connectivity index (χ0v) is 17.6. The molecule has 29 heavy (non-hydrogen) atoms. The fourth-order valence-electron chi connectivity index (χ4n) is 4.86. The summed E-state index contributed by atoms with van der Waals surface area (Å²) in [6, 6.07) is 14.2. The first-order valence-electron chi connectivity index (χ1n) is 10.1. The van der Waals surface area contributed by atoms with E-state index in [4.69, 9.17) is 0 Å². The average Bonchev–Trinajstić information content (AvgIpc) is 2.70. The highest BCUT2D eigenvalue weighted by Crippen LogP contribution is 2.49. The SMILES string of the molecule is FC(F)(F)Sc1ccc2c(c1)/C(=C1\CCC3CCCCN3C1)c1ccccc1S2. The number of hydrogen-bond donors (Lipinski definition) is 0. The molecule has 3 heterocycles. The van der Waals surface area contributed by atoms with Gasteiger partial charge in [-0.25, -0.2) is 0 Å². The number of halogens is 3. The Morgan fingerprint density at radius 2 is 1.79 bits per heavy atom. The molecule has 0 bridgehead atoms. The van der Waals surface area contributed by atoms with E-state index in [1.807, 2.05) is 18.2 Å². The Morgan fingerprint density at radius 1 is 0.966 bits per heavy atom. The minimum absolute atomic E-state index is 0.0205. The Morgan fingerprint density at radius 3 is 2.66 bits per heavy atom. The summed E-state index contributed by atoms with van der Waals surface area (Å²) in [5.74, 6) is 0. The van der Waals surface area contributed by atoms with Crippen molar-refractivity contribution in [1.82, 2.24) is 4.90 Å². The molecule has 152 valence electrons. The minimum Gasteiger partial charge on any atom is -0.296 e. The zero-order valence-electron chi connectivity index (χ0n) is 16.0. The number of hydrogen-bond acceptors (Lipinski definition) is 3. The third kappa shape index (κ3) is 3.99. The molecule has 3 aliphatic heterocycles. The fraction of sp³-hybridized carbons (Fsp3) is 0.391. The number of piperidine rings is 2. The predicted molar refractivity (Wildman–Crippen MR) is 113 cm³/mol. The first-order chi connectivity index (χ1) is 14.0. The third-order valence-electron chi connectivity index (χ3n) is 6.11. The zero-order chi connectivity index (χ0) is 20.0. The first kappa shape index (κ1) is 19.6. The average molecular weight is 434 g/mol. The molecule has 6 heteroatoms. The van der Waals surface area contributed by atoms with Crippen LogP contribution >= 0.6 is 23.5 Å². The minimum atomic E-state index is -4.27. The third-order valence-corrected chi connectivity index (χ3v) is 7.98. The second kappa shape index (κ2) is 7.71. The largest absolute Gasteiger partial charge is 0.446 e. The van der Waals surface area contributed by atoms with E-state index in [2.05, 4.69) is 17.0 Å². The second-order valence-corrected chi connectivity index (χ2v) is 10.2. The van der Waals surface area contributed by atoms with E-state index in [1.54, 1.807) is 23.9 Å². The van der Waals surface area contributed by atoms with Gasteiger partial charge in [0.05, 0.1) is 0 Å². The van der Waals surface area contributed by atoms with Crippen molar-refractivity contribution < 1.29 is 13.2 Å². The summed E-state index contributed by atoms with van der Waals surface area (Å²) in [6.07, 6.45) is 6.02. The van der Waals surface area contributed by atoms with Crippen LogP contribution in [0.4, 0.5) is 13.2 Å². The van der Waals surface area contributed by atoms with Gasteiger partial charge in [0.25, 0.3) is 0 Å². The number of thioether (sulfide) groups is 1. The van der Waals surface area contributed by atoms with Crippen LogP contribution in [0, 0.1) is 0 Å². The Bertz CT molecular complexity index is 967. The fourth-order valence-corrected chi connectivity index (χ4v) is 6.51. The molecule has 1 unspecified atom stereocenters. The van der Waals surface area contributed by atoms with Gasteiger partial charge in [0.2, 0.25) is 0 Å². The lowest BCUT2D eigenvalue weighted by Crippen LogP contribution is -2.43. The molecule has 1 nitrogen and oxygen atoms in total. The van der Waals surface area contributed by atoms with Gasteiger partial charge in [-0.3, -0.25) is 4.90 Å². The van der Waals surface area contributed by atoms with Gasteiger partial charge in [0.1, 0.15) is 0 Å². The smallest absolute Gasteiger partial charge is 0.296 e. The lowest BCUT2D eigenvalue weighted by Gasteiger charge is -2.41. The lowest BCUT2D eigenvalue weighted by atomic mass is 9.84. The van der Waals surface area contributed by atoms with Crippen molar-refractivity contribution >= 4 is 29.1 Å². The lowest BCUT2D eigenvalue weighted by molar-refractivity contribution is -0.0328. The molecular weight excluding hydrogens is 411 g/mol. The van der Waals surface area contributed by atoms with Gasteiger partial charge in [-0.15, -0.1) is 0 Å². The highest BCUT2D eigenvalue weighted by atomic mass is 32.2. The van der Waals surface area contributed by atoms with Crippen LogP contribution in [0.5, 0.6) is 0 Å². The molecule has 0 aliphatic carbocycles. The molecule has 3 aliphatic rings. The standard InChI is InChI=1S/C23H22F3NS2/c24-23(25,26)29-17-10-11-21-19(13-17)22(18-6-1-2-7-20(18)28-21)15-8-9-16-5-3-4-12-27(16)14-15/h1-2,6-7,10-11,13,16H,3-5,8-9,12,14H2/b22-15+. The highest BCUT2D eigenvalue weighted by molar-refractivity contribution is 8.00. The van der Waals surface area contributed by atoms with E-state index < -0.39 is 5.51 Å². The summed E-state index contributed by atoms with van der Waals surface area (Å²) in [5, 5.41) is 0. The first-order valence-corrected chi connectivity index (χ1v) is 11.7. The molecule has 5 rings (SSSR count). The van der Waals surface area contributed by atoms with Crippen molar-refractivity contribution in [2.45, 2.75) is 58.3 Å². The van der Waals surface area contributed by atoms with E-state index in [0.29, 0.717) is 6.04 Å². The normalized spacial score (nSPS) is 24.6. The maximum absolute atomic E-state index is 13.0. The number of nitrogens with zero attached hydrogens (tertiary/aromatic N) is 1. The second-order valence-electron chi connectivity index (χ2n) is 7.94. The summed E-state index contributed by atoms with van der Waals surface area (Å²) in [4.78, 5) is 5.10. The number of benzene rings is 2. The molecule has 0 aromatic heterocycles. The van der Waals surface area contributed by atoms with Crippen molar-refractivity contribution in [3.8, 4) is 0 Å². The maximum atomic E-state index is 13.0. The molecule has 2 fully saturated rings. The molecule has 0 N–H and O–H groups in total. The monoisotopic (exact) mass is 433 g/mol. The quantitative estimate of drug-likeness (QED) is 0.373. The summed E-state index contributed by atoms with van der Waals surface area (Å²) in [5.41, 5.74) is 0.417. The van der Waals surface area contributed by atoms with Crippen molar-refractivity contribution in [3.05, 3.63) is 59.2 Å². The Labute approximate surface area is 177 Å². The molecule has 1 atom stereocenters. The summed E-state index contributed by atoms with van der Waals surface area (Å²) < 4.78 is 39.0. The Hall–Kier alpha value is -1.37. The molecule has 2 aromatic rings. The molecule has 0 amide bonds. The maximum Gasteiger partial charge on any atom is 0.446 e. The molecule has 0 radical (unpaired) electrons. The summed E-state index contributed by atoms with van der Waals surface area (Å²) in [7, 11) is 0. The van der Waals surface area contributed by atoms with E-state index in [1.165, 1.54) is 40.9 Å². The Balaban J connectivity index is 1.61. The van der Waals surface area contributed by atoms with Gasteiger partial charge in [-0.2, -0.15) is 13.2 Å². The van der Waals surface area contributed by atoms with E-state index in [9.17, 15) is 13.2 Å². The highest BCUT2D eigenvalue weighted by Gasteiger charge is 2.33. The van der Waals surface area contributed by atoms with E-state index in [0.717, 1.165) is 36.4 Å². The molecule has 2 saturated heterocycles. The van der Waals surface area contributed by atoms with Crippen LogP contribution in [-0.2, 0) is 0 Å². The topological polar surface area (TPSA) is 3.24 Å². The van der Waals surface area contributed by atoms with Crippen LogP contribution in [-0.4, -0.2) is 29.5 Å². The van der Waals surface area contributed by atoms with E-state index >= 15 is 0 Å². The van der Waals surface area contributed by atoms with Gasteiger partial charge >= 0.3 is 5.51 Å². The molecular formula is C23H22F3NS2. The van der Waals surface area contributed by atoms with Crippen LogP contribution in [0.1, 0.15) is 43.2 Å². The van der Waals surface area contributed by atoms with Gasteiger partial charge in [-0.05, 0) is 90.5 Å². The van der Waals surface area contributed by atoms with Gasteiger partial charge in [0, 0.05) is 27.3 Å². The van der Waals surface area contributed by atoms with Crippen LogP contribution in [0.15, 0.2) is 62.7 Å². The molecule has 0 saturated carbocycles. The van der Waals surface area contributed by atoms with Crippen molar-refractivity contribution in [1.29, 1.82) is 0 Å². The number of alkyl halides is 3. The van der Waals surface area contributed by atoms with Crippen LogP contribution in [0.3, 0.4) is 0 Å². The predicted octanol–water partition coefficient (Wildman–Crippen LogP) is 7.21. The van der Waals surface area contributed by atoms with Crippen molar-refractivity contribution in [3.63, 3.8) is 0 Å². The van der Waals surface area contributed by atoms with Gasteiger partial charge in [-0.1, -0.05) is 36.4 Å². The number of rotatable bonds is 1. The Kier molecular flexibility index (Phi) is 5.21. The summed E-state index contributed by atoms with van der Waals surface area (Å²) in [6.45, 7) is 2.07. The summed E-state index contributed by atoms with van der Waals surface area (Å²) >= 11 is 1.64. The van der Waals surface area contributed by atoms with Gasteiger partial charge < -0.3 is 0 Å². The van der Waals surface area contributed by atoms with Gasteiger partial charge in [0.15, 0.2) is 0 Å². The van der Waals surface area contributed by atoms with E-state index in [-0.39, 0.29) is 16.7 Å². The van der Waals surface area contributed by atoms with Crippen LogP contribution in [0.2, 0.25) is 0 Å². The van der Waals surface area contributed by atoms with Crippen LogP contribution in [0.25, 0.3) is 5.57 Å². The molecule has 0 spiro atoms. The number of fused-ring (bicyclic) bond motifs is 3.